The van der Waals surface area contributed by atoms with Crippen molar-refractivity contribution >= 4 is 17.7 Å². The molecule has 0 aliphatic heterocycles. The molecule has 0 atom stereocenters. The number of pyridine rings is 1. The summed E-state index contributed by atoms with van der Waals surface area (Å²) < 4.78 is 5.04. The van der Waals surface area contributed by atoms with Crippen molar-refractivity contribution in [1.29, 1.82) is 0 Å². The van der Waals surface area contributed by atoms with Crippen LogP contribution in [0.2, 0.25) is 0 Å². The number of carbonyl (C=O) groups excluding carboxylic acids is 1. The molecule has 6 heteroatoms. The fraction of sp³-hybridized carbons (Fsp3) is 0.364. The summed E-state index contributed by atoms with van der Waals surface area (Å²) in [5.41, 5.74) is 0.0743. The van der Waals surface area contributed by atoms with E-state index in [2.05, 4.69) is 10.3 Å². The summed E-state index contributed by atoms with van der Waals surface area (Å²) >= 11 is 0. The minimum atomic E-state index is -1.05. The molecule has 17 heavy (non-hydrogen) atoms. The minimum absolute atomic E-state index is 0.0315. The molecular weight excluding hydrogens is 224 g/mol. The number of aromatic carboxylic acids is 1. The monoisotopic (exact) mass is 238 g/mol. The molecule has 1 aromatic rings. The van der Waals surface area contributed by atoms with Crippen LogP contribution in [0.5, 0.6) is 0 Å². The molecule has 0 bridgehead atoms. The zero-order chi connectivity index (χ0) is 12.7. The Labute approximate surface area is 98.6 Å². The van der Waals surface area contributed by atoms with Gasteiger partial charge in [0.05, 0.1) is 5.56 Å². The van der Waals surface area contributed by atoms with Crippen molar-refractivity contribution in [2.24, 2.45) is 0 Å². The fourth-order valence-corrected chi connectivity index (χ4v) is 1.08. The molecule has 0 spiro atoms. The van der Waals surface area contributed by atoms with Crippen LogP contribution in [0.3, 0.4) is 0 Å². The molecule has 0 aromatic carbocycles. The van der Waals surface area contributed by atoms with Gasteiger partial charge in [-0.3, -0.25) is 4.79 Å². The number of hydrogen-bond acceptors (Lipinski definition) is 4. The third-order valence-corrected chi connectivity index (χ3v) is 1.86. The summed E-state index contributed by atoms with van der Waals surface area (Å²) in [5.74, 6) is -1.06. The van der Waals surface area contributed by atoms with Crippen molar-refractivity contribution in [2.45, 2.75) is 13.3 Å². The Morgan fingerprint density at radius 1 is 1.47 bits per heavy atom. The lowest BCUT2D eigenvalue weighted by molar-refractivity contribution is -0.120. The second kappa shape index (κ2) is 6.59. The highest BCUT2D eigenvalue weighted by atomic mass is 16.5. The molecule has 92 valence electrons. The third-order valence-electron chi connectivity index (χ3n) is 1.86. The number of carboxylic acid groups (broad SMARTS) is 1. The van der Waals surface area contributed by atoms with Crippen molar-refractivity contribution in [1.82, 2.24) is 4.98 Å². The summed E-state index contributed by atoms with van der Waals surface area (Å²) in [7, 11) is 0. The smallest absolute Gasteiger partial charge is 0.337 e. The lowest BCUT2D eigenvalue weighted by Gasteiger charge is -2.04. The van der Waals surface area contributed by atoms with Crippen LogP contribution in [0.4, 0.5) is 5.82 Å². The van der Waals surface area contributed by atoms with Gasteiger partial charge in [-0.25, -0.2) is 9.78 Å². The summed E-state index contributed by atoms with van der Waals surface area (Å²) in [4.78, 5) is 25.7. The van der Waals surface area contributed by atoms with Gasteiger partial charge < -0.3 is 15.2 Å². The first kappa shape index (κ1) is 13.1. The minimum Gasteiger partial charge on any atom is -0.478 e. The van der Waals surface area contributed by atoms with E-state index in [0.29, 0.717) is 12.4 Å². The van der Waals surface area contributed by atoms with E-state index in [-0.39, 0.29) is 18.1 Å². The molecular formula is C11H14N2O4. The standard InChI is InChI=1S/C11H14N2O4/c1-2-5-17-7-10(14)13-9-4-3-8(6-12-9)11(15)16/h3-4,6H,2,5,7H2,1H3,(H,15,16)(H,12,13,14). The molecule has 0 aliphatic rings. The van der Waals surface area contributed by atoms with E-state index in [9.17, 15) is 9.59 Å². The van der Waals surface area contributed by atoms with Gasteiger partial charge in [0.1, 0.15) is 12.4 Å². The number of carbonyl (C=O) groups is 2. The molecule has 0 aliphatic carbocycles. The van der Waals surface area contributed by atoms with Crippen LogP contribution in [0.15, 0.2) is 18.3 Å². The van der Waals surface area contributed by atoms with Gasteiger partial charge >= 0.3 is 5.97 Å². The maximum Gasteiger partial charge on any atom is 0.337 e. The number of nitrogens with one attached hydrogen (secondary N) is 1. The zero-order valence-corrected chi connectivity index (χ0v) is 9.47. The van der Waals surface area contributed by atoms with Crippen LogP contribution in [-0.4, -0.2) is 35.2 Å². The predicted octanol–water partition coefficient (Wildman–Crippen LogP) is 1.14. The Bertz CT molecular complexity index is 389. The van der Waals surface area contributed by atoms with Gasteiger partial charge in [0.2, 0.25) is 0 Å². The number of nitrogens with zero attached hydrogens (tertiary/aromatic N) is 1. The molecule has 2 N–H and O–H groups in total. The van der Waals surface area contributed by atoms with Gasteiger partial charge in [-0.2, -0.15) is 0 Å². The maximum absolute atomic E-state index is 11.3. The van der Waals surface area contributed by atoms with Gasteiger partial charge in [0.15, 0.2) is 0 Å². The van der Waals surface area contributed by atoms with E-state index in [0.717, 1.165) is 6.42 Å². The summed E-state index contributed by atoms with van der Waals surface area (Å²) in [6.45, 7) is 2.44. The second-order valence-corrected chi connectivity index (χ2v) is 3.34. The number of anilines is 1. The van der Waals surface area contributed by atoms with Crippen LogP contribution in [0.25, 0.3) is 0 Å². The van der Waals surface area contributed by atoms with Gasteiger partial charge in [0, 0.05) is 12.8 Å². The lowest BCUT2D eigenvalue weighted by atomic mass is 10.3. The van der Waals surface area contributed by atoms with Crippen molar-refractivity contribution in [2.75, 3.05) is 18.5 Å². The van der Waals surface area contributed by atoms with Crippen molar-refractivity contribution in [3.8, 4) is 0 Å². The van der Waals surface area contributed by atoms with Crippen LogP contribution in [0, 0.1) is 0 Å². The number of hydrogen-bond donors (Lipinski definition) is 2. The first-order valence-electron chi connectivity index (χ1n) is 5.20. The second-order valence-electron chi connectivity index (χ2n) is 3.34. The highest BCUT2D eigenvalue weighted by molar-refractivity contribution is 5.91. The van der Waals surface area contributed by atoms with Crippen LogP contribution >= 0.6 is 0 Å². The Kier molecular flexibility index (Phi) is 5.09. The average molecular weight is 238 g/mol. The Morgan fingerprint density at radius 3 is 2.76 bits per heavy atom. The van der Waals surface area contributed by atoms with Crippen molar-refractivity contribution < 1.29 is 19.4 Å². The third kappa shape index (κ3) is 4.60. The number of carboxylic acids is 1. The largest absolute Gasteiger partial charge is 0.478 e. The maximum atomic E-state index is 11.3. The van der Waals surface area contributed by atoms with E-state index in [1.807, 2.05) is 6.92 Å². The first-order chi connectivity index (χ1) is 8.13. The SMILES string of the molecule is CCCOCC(=O)Nc1ccc(C(=O)O)cn1. The van der Waals surface area contributed by atoms with Crippen LogP contribution in [0.1, 0.15) is 23.7 Å². The number of amides is 1. The molecule has 0 saturated heterocycles. The zero-order valence-electron chi connectivity index (χ0n) is 9.47. The van der Waals surface area contributed by atoms with E-state index in [4.69, 9.17) is 9.84 Å². The summed E-state index contributed by atoms with van der Waals surface area (Å²) in [5, 5.41) is 11.2. The molecule has 1 rings (SSSR count). The quantitative estimate of drug-likeness (QED) is 0.725. The Balaban J connectivity index is 2.46. The molecule has 0 unspecified atom stereocenters. The lowest BCUT2D eigenvalue weighted by Crippen LogP contribution is -2.19. The van der Waals surface area contributed by atoms with E-state index >= 15 is 0 Å². The van der Waals surface area contributed by atoms with Gasteiger partial charge in [-0.1, -0.05) is 6.92 Å². The summed E-state index contributed by atoms with van der Waals surface area (Å²) in [6.07, 6.45) is 2.03. The van der Waals surface area contributed by atoms with Crippen LogP contribution in [-0.2, 0) is 9.53 Å². The van der Waals surface area contributed by atoms with Gasteiger partial charge in [-0.05, 0) is 18.6 Å². The van der Waals surface area contributed by atoms with Gasteiger partial charge in [0.25, 0.3) is 5.91 Å². The molecule has 0 fully saturated rings. The number of ether oxygens (including phenoxy) is 1. The number of aromatic nitrogens is 1. The number of rotatable bonds is 6. The van der Waals surface area contributed by atoms with Gasteiger partial charge in [-0.15, -0.1) is 0 Å². The Hall–Kier alpha value is -1.95. The fourth-order valence-electron chi connectivity index (χ4n) is 1.08. The molecule has 6 nitrogen and oxygen atoms in total. The molecule has 0 saturated carbocycles. The van der Waals surface area contributed by atoms with E-state index in [1.54, 1.807) is 0 Å². The first-order valence-corrected chi connectivity index (χ1v) is 5.20. The molecule has 1 amide bonds. The summed E-state index contributed by atoms with van der Waals surface area (Å²) in [6, 6.07) is 2.80. The normalized spacial score (nSPS) is 9.94. The highest BCUT2D eigenvalue weighted by Gasteiger charge is 2.05. The van der Waals surface area contributed by atoms with E-state index in [1.165, 1.54) is 18.3 Å². The Morgan fingerprint density at radius 2 is 2.24 bits per heavy atom. The molecule has 0 radical (unpaired) electrons. The van der Waals surface area contributed by atoms with Crippen molar-refractivity contribution in [3.63, 3.8) is 0 Å². The van der Waals surface area contributed by atoms with E-state index < -0.39 is 5.97 Å². The topological polar surface area (TPSA) is 88.5 Å². The predicted molar refractivity (Wildman–Crippen MR) is 60.9 cm³/mol. The molecule has 1 aromatic heterocycles. The molecule has 1 heterocycles. The highest BCUT2D eigenvalue weighted by Crippen LogP contribution is 2.04. The van der Waals surface area contributed by atoms with Crippen molar-refractivity contribution in [3.05, 3.63) is 23.9 Å². The van der Waals surface area contributed by atoms with Crippen LogP contribution < -0.4 is 5.32 Å². The average Bonchev–Trinajstić information content (AvgIpc) is 2.30.